The molecular formula is C26H31NO2. The summed E-state index contributed by atoms with van der Waals surface area (Å²) in [6.07, 6.45) is 3.27. The highest BCUT2D eigenvalue weighted by Crippen LogP contribution is 2.25. The summed E-state index contributed by atoms with van der Waals surface area (Å²) in [5.74, 6) is 1.82. The maximum absolute atomic E-state index is 6.04. The SMILES string of the molecule is CCC(C)Oc1ccc(CNc2ccccc2OCCCc2ccccc2)cc1. The van der Waals surface area contributed by atoms with Crippen LogP contribution >= 0.6 is 0 Å². The van der Waals surface area contributed by atoms with Crippen LogP contribution in [0.3, 0.4) is 0 Å². The van der Waals surface area contributed by atoms with Gasteiger partial charge in [-0.15, -0.1) is 0 Å². The zero-order valence-corrected chi connectivity index (χ0v) is 17.4. The maximum atomic E-state index is 6.04. The molecule has 152 valence electrons. The van der Waals surface area contributed by atoms with Crippen LogP contribution in [0.2, 0.25) is 0 Å². The van der Waals surface area contributed by atoms with Gasteiger partial charge in [-0.1, -0.05) is 61.5 Å². The molecule has 3 aromatic rings. The molecule has 0 saturated carbocycles. The van der Waals surface area contributed by atoms with Gasteiger partial charge in [-0.2, -0.15) is 0 Å². The first kappa shape index (κ1) is 20.8. The molecule has 0 aliphatic heterocycles. The van der Waals surface area contributed by atoms with Crippen molar-refractivity contribution >= 4 is 5.69 Å². The van der Waals surface area contributed by atoms with Crippen LogP contribution in [-0.2, 0) is 13.0 Å². The van der Waals surface area contributed by atoms with Gasteiger partial charge in [-0.05, 0) is 61.6 Å². The van der Waals surface area contributed by atoms with E-state index < -0.39 is 0 Å². The molecule has 0 amide bonds. The molecule has 3 heteroatoms. The quantitative estimate of drug-likeness (QED) is 0.380. The van der Waals surface area contributed by atoms with Crippen LogP contribution < -0.4 is 14.8 Å². The average Bonchev–Trinajstić information content (AvgIpc) is 2.77. The van der Waals surface area contributed by atoms with Crippen LogP contribution in [0.15, 0.2) is 78.9 Å². The van der Waals surface area contributed by atoms with Crippen LogP contribution in [0, 0.1) is 0 Å². The first-order valence-corrected chi connectivity index (χ1v) is 10.5. The van der Waals surface area contributed by atoms with Crippen LogP contribution in [0.25, 0.3) is 0 Å². The molecule has 1 atom stereocenters. The topological polar surface area (TPSA) is 30.5 Å². The van der Waals surface area contributed by atoms with Crippen LogP contribution in [0.5, 0.6) is 11.5 Å². The van der Waals surface area contributed by atoms with Crippen molar-refractivity contribution in [3.8, 4) is 11.5 Å². The second kappa shape index (κ2) is 11.2. The number of benzene rings is 3. The highest BCUT2D eigenvalue weighted by molar-refractivity contribution is 5.56. The van der Waals surface area contributed by atoms with Gasteiger partial charge in [0.15, 0.2) is 0 Å². The van der Waals surface area contributed by atoms with E-state index in [1.165, 1.54) is 11.1 Å². The summed E-state index contributed by atoms with van der Waals surface area (Å²) in [6, 6.07) is 26.9. The normalized spacial score (nSPS) is 11.7. The summed E-state index contributed by atoms with van der Waals surface area (Å²) < 4.78 is 11.9. The number of ether oxygens (including phenoxy) is 2. The van der Waals surface area contributed by atoms with Crippen molar-refractivity contribution < 1.29 is 9.47 Å². The zero-order chi connectivity index (χ0) is 20.3. The molecule has 1 unspecified atom stereocenters. The van der Waals surface area contributed by atoms with Gasteiger partial charge in [0.05, 0.1) is 18.4 Å². The minimum Gasteiger partial charge on any atom is -0.491 e. The minimum absolute atomic E-state index is 0.241. The number of hydrogen-bond acceptors (Lipinski definition) is 3. The molecule has 0 fully saturated rings. The van der Waals surface area contributed by atoms with Crippen molar-refractivity contribution in [1.29, 1.82) is 0 Å². The van der Waals surface area contributed by atoms with Crippen molar-refractivity contribution in [1.82, 2.24) is 0 Å². The summed E-state index contributed by atoms with van der Waals surface area (Å²) >= 11 is 0. The highest BCUT2D eigenvalue weighted by Gasteiger charge is 2.04. The van der Waals surface area contributed by atoms with E-state index in [0.29, 0.717) is 6.61 Å². The summed E-state index contributed by atoms with van der Waals surface area (Å²) in [5.41, 5.74) is 3.58. The maximum Gasteiger partial charge on any atom is 0.142 e. The summed E-state index contributed by atoms with van der Waals surface area (Å²) in [6.45, 7) is 5.67. The molecule has 3 rings (SSSR count). The molecule has 0 aliphatic rings. The second-order valence-corrected chi connectivity index (χ2v) is 7.27. The van der Waals surface area contributed by atoms with E-state index in [1.54, 1.807) is 0 Å². The Morgan fingerprint density at radius 1 is 0.828 bits per heavy atom. The predicted octanol–water partition coefficient (Wildman–Crippen LogP) is 6.49. The number of aryl methyl sites for hydroxylation is 1. The molecule has 0 aromatic heterocycles. The lowest BCUT2D eigenvalue weighted by atomic mass is 10.1. The van der Waals surface area contributed by atoms with Gasteiger partial charge in [0.2, 0.25) is 0 Å². The van der Waals surface area contributed by atoms with Crippen molar-refractivity contribution in [2.45, 2.75) is 45.8 Å². The van der Waals surface area contributed by atoms with E-state index in [0.717, 1.165) is 43.0 Å². The number of nitrogens with one attached hydrogen (secondary N) is 1. The first-order chi connectivity index (χ1) is 14.2. The van der Waals surface area contributed by atoms with Gasteiger partial charge in [0.25, 0.3) is 0 Å². The lowest BCUT2D eigenvalue weighted by molar-refractivity contribution is 0.217. The summed E-state index contributed by atoms with van der Waals surface area (Å²) in [5, 5.41) is 3.49. The monoisotopic (exact) mass is 389 g/mol. The second-order valence-electron chi connectivity index (χ2n) is 7.27. The number of hydrogen-bond donors (Lipinski definition) is 1. The standard InChI is InChI=1S/C26H31NO2/c1-3-21(2)29-24-17-15-23(16-18-24)20-27-25-13-7-8-14-26(25)28-19-9-12-22-10-5-4-6-11-22/h4-8,10-11,13-18,21,27H,3,9,12,19-20H2,1-2H3. The predicted molar refractivity (Wildman–Crippen MR) is 121 cm³/mol. The molecule has 3 nitrogen and oxygen atoms in total. The van der Waals surface area contributed by atoms with Gasteiger partial charge < -0.3 is 14.8 Å². The fourth-order valence-electron chi connectivity index (χ4n) is 3.04. The van der Waals surface area contributed by atoms with Gasteiger partial charge in [0.1, 0.15) is 11.5 Å². The summed E-state index contributed by atoms with van der Waals surface area (Å²) in [4.78, 5) is 0. The Balaban J connectivity index is 1.48. The van der Waals surface area contributed by atoms with Crippen LogP contribution in [0.4, 0.5) is 5.69 Å². The van der Waals surface area contributed by atoms with Gasteiger partial charge in [-0.3, -0.25) is 0 Å². The van der Waals surface area contributed by atoms with E-state index in [1.807, 2.05) is 36.4 Å². The Morgan fingerprint density at radius 3 is 2.31 bits per heavy atom. The molecule has 0 heterocycles. The average molecular weight is 390 g/mol. The molecule has 0 spiro atoms. The molecule has 0 bridgehead atoms. The van der Waals surface area contributed by atoms with Gasteiger partial charge in [0, 0.05) is 6.54 Å². The van der Waals surface area contributed by atoms with Crippen molar-refractivity contribution in [3.05, 3.63) is 90.0 Å². The Labute approximate surface area is 174 Å². The molecule has 0 radical (unpaired) electrons. The fraction of sp³-hybridized carbons (Fsp3) is 0.308. The third kappa shape index (κ3) is 6.86. The lowest BCUT2D eigenvalue weighted by Crippen LogP contribution is -2.09. The van der Waals surface area contributed by atoms with E-state index >= 15 is 0 Å². The van der Waals surface area contributed by atoms with E-state index in [2.05, 4.69) is 61.6 Å². The Hall–Kier alpha value is -2.94. The van der Waals surface area contributed by atoms with Gasteiger partial charge in [-0.25, -0.2) is 0 Å². The Bertz CT molecular complexity index is 846. The number of rotatable bonds is 11. The van der Waals surface area contributed by atoms with Crippen LogP contribution in [0.1, 0.15) is 37.8 Å². The largest absolute Gasteiger partial charge is 0.491 e. The fourth-order valence-corrected chi connectivity index (χ4v) is 3.04. The van der Waals surface area contributed by atoms with E-state index in [-0.39, 0.29) is 6.10 Å². The van der Waals surface area contributed by atoms with Crippen molar-refractivity contribution in [2.24, 2.45) is 0 Å². The third-order valence-electron chi connectivity index (χ3n) is 4.92. The summed E-state index contributed by atoms with van der Waals surface area (Å²) in [7, 11) is 0. The van der Waals surface area contributed by atoms with Crippen molar-refractivity contribution in [2.75, 3.05) is 11.9 Å². The Kier molecular flexibility index (Phi) is 8.00. The molecule has 29 heavy (non-hydrogen) atoms. The zero-order valence-electron chi connectivity index (χ0n) is 17.4. The minimum atomic E-state index is 0.241. The molecule has 3 aromatic carbocycles. The van der Waals surface area contributed by atoms with Crippen molar-refractivity contribution in [3.63, 3.8) is 0 Å². The smallest absolute Gasteiger partial charge is 0.142 e. The van der Waals surface area contributed by atoms with Gasteiger partial charge >= 0.3 is 0 Å². The van der Waals surface area contributed by atoms with E-state index in [4.69, 9.17) is 9.47 Å². The lowest BCUT2D eigenvalue weighted by Gasteiger charge is -2.15. The van der Waals surface area contributed by atoms with Crippen LogP contribution in [-0.4, -0.2) is 12.7 Å². The molecule has 0 aliphatic carbocycles. The third-order valence-corrected chi connectivity index (χ3v) is 4.92. The van der Waals surface area contributed by atoms with E-state index in [9.17, 15) is 0 Å². The molecule has 0 saturated heterocycles. The number of anilines is 1. The highest BCUT2D eigenvalue weighted by atomic mass is 16.5. The molecular weight excluding hydrogens is 358 g/mol. The molecule has 1 N–H and O–H groups in total. The first-order valence-electron chi connectivity index (χ1n) is 10.5. The Morgan fingerprint density at radius 2 is 1.55 bits per heavy atom. The number of para-hydroxylation sites is 2.